The molecule has 0 unspecified atom stereocenters. The van der Waals surface area contributed by atoms with Crippen molar-refractivity contribution in [3.63, 3.8) is 0 Å². The van der Waals surface area contributed by atoms with Gasteiger partial charge in [0.15, 0.2) is 8.32 Å². The smallest absolute Gasteiger partial charge is 0.309 e. The van der Waals surface area contributed by atoms with Gasteiger partial charge in [-0.2, -0.15) is 0 Å². The molecule has 0 saturated heterocycles. The van der Waals surface area contributed by atoms with Crippen molar-refractivity contribution in [1.29, 1.82) is 0 Å². The number of cyclic esters (lactones) is 1. The zero-order valence-electron chi connectivity index (χ0n) is 38.3. The molecule has 0 amide bonds. The van der Waals surface area contributed by atoms with E-state index >= 15 is 0 Å². The van der Waals surface area contributed by atoms with Gasteiger partial charge >= 0.3 is 5.97 Å². The van der Waals surface area contributed by atoms with Gasteiger partial charge in [0.2, 0.25) is 0 Å². The molecule has 1 aliphatic rings. The fourth-order valence-electron chi connectivity index (χ4n) is 8.48. The highest BCUT2D eigenvalue weighted by atomic mass is 32.1. The van der Waals surface area contributed by atoms with Crippen molar-refractivity contribution in [2.75, 3.05) is 0 Å². The van der Waals surface area contributed by atoms with Crippen molar-refractivity contribution in [2.24, 2.45) is 17.3 Å². The van der Waals surface area contributed by atoms with E-state index in [1.54, 1.807) is 11.3 Å². The molecule has 1 N–H and O–H groups in total. The van der Waals surface area contributed by atoms with Gasteiger partial charge in [0, 0.05) is 23.1 Å². The van der Waals surface area contributed by atoms with E-state index in [0.29, 0.717) is 6.42 Å². The van der Waals surface area contributed by atoms with E-state index in [0.717, 1.165) is 51.1 Å². The van der Waals surface area contributed by atoms with Crippen LogP contribution in [-0.4, -0.2) is 57.1 Å². The number of aromatic nitrogens is 1. The van der Waals surface area contributed by atoms with Crippen LogP contribution in [0.4, 0.5) is 0 Å². The second kappa shape index (κ2) is 20.2. The molecule has 0 radical (unpaired) electrons. The van der Waals surface area contributed by atoms with Gasteiger partial charge in [-0.25, -0.2) is 4.98 Å². The minimum absolute atomic E-state index is 0.0196. The molecule has 1 aliphatic heterocycles. The molecule has 0 spiro atoms. The van der Waals surface area contributed by atoms with Gasteiger partial charge in [0.25, 0.3) is 8.32 Å². The summed E-state index contributed by atoms with van der Waals surface area (Å²) in [6.45, 7) is 26.5. The maximum atomic E-state index is 14.2. The zero-order valence-corrected chi connectivity index (χ0v) is 41.1. The van der Waals surface area contributed by atoms with Gasteiger partial charge in [0.1, 0.15) is 6.10 Å². The fraction of sp³-hybridized carbons (Fsp3) is 0.490. The molecule has 0 fully saturated rings. The summed E-state index contributed by atoms with van der Waals surface area (Å²) in [4.78, 5) is 18.8. The number of carbonyl (C=O) groups excluding carboxylic acids is 1. The van der Waals surface area contributed by atoms with E-state index in [9.17, 15) is 9.90 Å². The summed E-state index contributed by atoms with van der Waals surface area (Å²) >= 11 is 1.60. The lowest BCUT2D eigenvalue weighted by Gasteiger charge is -2.51. The van der Waals surface area contributed by atoms with Crippen molar-refractivity contribution < 1.29 is 23.5 Å². The van der Waals surface area contributed by atoms with Crippen LogP contribution in [-0.2, 0) is 18.4 Å². The first-order valence-electron chi connectivity index (χ1n) is 21.9. The van der Waals surface area contributed by atoms with Gasteiger partial charge in [-0.3, -0.25) is 4.79 Å². The first-order valence-corrected chi connectivity index (χ1v) is 27.6. The molecule has 1 aromatic heterocycles. The third-order valence-electron chi connectivity index (χ3n) is 13.3. The van der Waals surface area contributed by atoms with Crippen LogP contribution < -0.4 is 15.6 Å². The molecule has 6 atom stereocenters. The number of rotatable bonds is 9. The molecule has 2 heterocycles. The summed E-state index contributed by atoms with van der Waals surface area (Å²) < 4.78 is 22.0. The number of aliphatic hydroxyl groups excluding tert-OH is 1. The Morgan fingerprint density at radius 2 is 1.43 bits per heavy atom. The molecule has 4 aromatic rings. The van der Waals surface area contributed by atoms with Crippen molar-refractivity contribution in [2.45, 2.75) is 144 Å². The SMILES string of the molecule is C/C1=C/C[C@@H](/C(C)=C/c2csc(C)n2)OC(=O)C[C@H](O)C(C)(C)[C@H](O[Si](c2ccccc2)(c2ccccc2)c2ccccc2)[C@@H](C)[C@H](O[Si](C)(C)C(C)(C)C)[C@@H](C)CCC1. The van der Waals surface area contributed by atoms with Gasteiger partial charge in [0.05, 0.1) is 35.4 Å². The summed E-state index contributed by atoms with van der Waals surface area (Å²) in [5.74, 6) is -0.422. The lowest BCUT2D eigenvalue weighted by atomic mass is 9.71. The number of nitrogens with zero attached hydrogens (tertiary/aromatic N) is 1. The summed E-state index contributed by atoms with van der Waals surface area (Å²) in [5.41, 5.74) is 2.12. The molecule has 5 rings (SSSR count). The Balaban J connectivity index is 1.70. The maximum Gasteiger partial charge on any atom is 0.309 e. The predicted molar refractivity (Wildman–Crippen MR) is 256 cm³/mol. The monoisotopic (exact) mass is 865 g/mol. The average Bonchev–Trinajstić information content (AvgIpc) is 3.62. The number of hydrogen-bond donors (Lipinski definition) is 1. The minimum Gasteiger partial charge on any atom is -0.457 e. The van der Waals surface area contributed by atoms with Gasteiger partial charge in [-0.05, 0) is 91.3 Å². The number of carbonyl (C=O) groups is 1. The second-order valence-corrected chi connectivity index (χ2v) is 28.5. The number of esters is 1. The molecule has 324 valence electrons. The van der Waals surface area contributed by atoms with E-state index in [2.05, 4.69) is 171 Å². The standard InChI is InChI=1S/C51H71NO5SSi2/c1-36-23-22-24-37(2)48(56-59(11,12)50(6,7)8)39(4)49(51(9,10)46(53)34-47(54)55-45(32-31-36)38(3)33-41-35-58-40(5)52-41)57-60(42-25-16-13-17-26-42,43-27-18-14-19-28-43)44-29-20-15-21-30-44/h13-21,25-31,33,35,37,39,45-46,48-49,53H,22-24,32,34H2,1-12H3/b36-31-,38-33+/t37-,39-,45-,46-,48+,49+/m0/s1. The average molecular weight is 866 g/mol. The molecule has 0 bridgehead atoms. The van der Waals surface area contributed by atoms with E-state index in [1.165, 1.54) is 5.57 Å². The van der Waals surface area contributed by atoms with Crippen LogP contribution in [0.15, 0.2) is 114 Å². The van der Waals surface area contributed by atoms with Crippen LogP contribution in [0.25, 0.3) is 6.08 Å². The summed E-state index contributed by atoms with van der Waals surface area (Å²) in [6.07, 6.45) is 5.22. The number of ether oxygens (including phenoxy) is 1. The first-order chi connectivity index (χ1) is 28.3. The quantitative estimate of drug-likeness (QED) is 0.0782. The predicted octanol–water partition coefficient (Wildman–Crippen LogP) is 10.8. The molecule has 0 saturated carbocycles. The van der Waals surface area contributed by atoms with Crippen molar-refractivity contribution >= 4 is 55.6 Å². The van der Waals surface area contributed by atoms with Crippen LogP contribution in [0.2, 0.25) is 18.1 Å². The normalized spacial score (nSPS) is 25.2. The topological polar surface area (TPSA) is 77.9 Å². The highest BCUT2D eigenvalue weighted by Gasteiger charge is 2.53. The van der Waals surface area contributed by atoms with Crippen LogP contribution in [0, 0.1) is 24.2 Å². The number of hydrogen-bond acceptors (Lipinski definition) is 7. The zero-order chi connectivity index (χ0) is 43.9. The van der Waals surface area contributed by atoms with Gasteiger partial charge in [-0.15, -0.1) is 11.3 Å². The number of aryl methyl sites for hydroxylation is 1. The minimum atomic E-state index is -3.32. The van der Waals surface area contributed by atoms with Crippen LogP contribution in [0.5, 0.6) is 0 Å². The molecular weight excluding hydrogens is 795 g/mol. The lowest BCUT2D eigenvalue weighted by molar-refractivity contribution is -0.154. The highest BCUT2D eigenvalue weighted by molar-refractivity contribution is 7.09. The van der Waals surface area contributed by atoms with Crippen molar-refractivity contribution in [1.82, 2.24) is 4.98 Å². The first kappa shape index (κ1) is 47.6. The molecule has 60 heavy (non-hydrogen) atoms. The molecule has 6 nitrogen and oxygen atoms in total. The van der Waals surface area contributed by atoms with Crippen LogP contribution in [0.3, 0.4) is 0 Å². The van der Waals surface area contributed by atoms with Crippen LogP contribution >= 0.6 is 11.3 Å². The largest absolute Gasteiger partial charge is 0.457 e. The van der Waals surface area contributed by atoms with Crippen LogP contribution in [0.1, 0.15) is 105 Å². The molecule has 3 aromatic carbocycles. The lowest BCUT2D eigenvalue weighted by Crippen LogP contribution is -2.72. The third-order valence-corrected chi connectivity index (χ3v) is 22.6. The summed E-state index contributed by atoms with van der Waals surface area (Å²) in [7, 11) is -5.63. The van der Waals surface area contributed by atoms with E-state index in [4.69, 9.17) is 13.6 Å². The second-order valence-electron chi connectivity index (χ2n) is 19.4. The van der Waals surface area contributed by atoms with E-state index in [-0.39, 0.29) is 29.4 Å². The maximum absolute atomic E-state index is 14.2. The Bertz CT molecular complexity index is 1940. The Morgan fingerprint density at radius 3 is 1.92 bits per heavy atom. The fourth-order valence-corrected chi connectivity index (χ4v) is 14.8. The number of benzene rings is 3. The Morgan fingerprint density at radius 1 is 0.900 bits per heavy atom. The molecular formula is C51H71NO5SSi2. The Hall–Kier alpha value is -3.45. The summed E-state index contributed by atoms with van der Waals surface area (Å²) in [5, 5.41) is 18.9. The highest BCUT2D eigenvalue weighted by Crippen LogP contribution is 2.44. The molecule has 0 aliphatic carbocycles. The Kier molecular flexibility index (Phi) is 16.0. The molecule has 9 heteroatoms. The van der Waals surface area contributed by atoms with Crippen molar-refractivity contribution in [3.8, 4) is 0 Å². The Labute approximate surface area is 367 Å². The van der Waals surface area contributed by atoms with Gasteiger partial charge in [-0.1, -0.05) is 151 Å². The van der Waals surface area contributed by atoms with Gasteiger partial charge < -0.3 is 18.7 Å². The van der Waals surface area contributed by atoms with Crippen molar-refractivity contribution in [3.05, 3.63) is 124 Å². The summed E-state index contributed by atoms with van der Waals surface area (Å²) in [6, 6.07) is 31.9. The van der Waals surface area contributed by atoms with E-state index in [1.807, 2.05) is 25.3 Å². The van der Waals surface area contributed by atoms with E-state index < -0.39 is 46.3 Å². The number of aliphatic hydroxyl groups is 1. The number of thiazole rings is 1. The third kappa shape index (κ3) is 11.3. The number of allylic oxidation sites excluding steroid dienone is 1.